The maximum atomic E-state index is 6.63. The first kappa shape index (κ1) is 32.8. The van der Waals surface area contributed by atoms with E-state index in [1.165, 1.54) is 40.3 Å². The smallest absolute Gasteiger partial charge is 0.164 e. The summed E-state index contributed by atoms with van der Waals surface area (Å²) in [6.45, 7) is 0. The fraction of sp³-hybridized carbons (Fsp3) is 0. The van der Waals surface area contributed by atoms with Crippen molar-refractivity contribution in [1.82, 2.24) is 15.0 Å². The minimum absolute atomic E-state index is 0.604. The summed E-state index contributed by atoms with van der Waals surface area (Å²) >= 11 is 3.66. The molecule has 0 bridgehead atoms. The van der Waals surface area contributed by atoms with E-state index in [2.05, 4.69) is 158 Å². The molecule has 9 aromatic carbocycles. The maximum Gasteiger partial charge on any atom is 0.164 e. The highest BCUT2D eigenvalue weighted by Gasteiger charge is 2.23. The molecule has 13 rings (SSSR count). The lowest BCUT2D eigenvalue weighted by atomic mass is 9.98. The van der Waals surface area contributed by atoms with Gasteiger partial charge in [0.15, 0.2) is 17.5 Å². The predicted molar refractivity (Wildman–Crippen MR) is 250 cm³/mol. The molecule has 0 unspecified atom stereocenters. The third-order valence-corrected chi connectivity index (χ3v) is 14.1. The Morgan fingerprint density at radius 2 is 0.864 bits per heavy atom. The van der Waals surface area contributed by atoms with Crippen LogP contribution in [0.25, 0.3) is 129 Å². The fourth-order valence-corrected chi connectivity index (χ4v) is 11.6. The van der Waals surface area contributed by atoms with Gasteiger partial charge in [-0.3, -0.25) is 0 Å². The molecule has 274 valence electrons. The number of rotatable bonds is 4. The highest BCUT2D eigenvalue weighted by molar-refractivity contribution is 7.27. The van der Waals surface area contributed by atoms with E-state index in [1.54, 1.807) is 0 Å². The number of nitrogens with zero attached hydrogens (tertiary/aromatic N) is 3. The van der Waals surface area contributed by atoms with Gasteiger partial charge >= 0.3 is 0 Å². The van der Waals surface area contributed by atoms with E-state index in [0.717, 1.165) is 71.3 Å². The van der Waals surface area contributed by atoms with Crippen molar-refractivity contribution in [2.45, 2.75) is 0 Å². The van der Waals surface area contributed by atoms with Crippen LogP contribution in [-0.4, -0.2) is 15.0 Å². The van der Waals surface area contributed by atoms with E-state index in [0.29, 0.717) is 17.5 Å². The fourth-order valence-electron chi connectivity index (χ4n) is 9.03. The van der Waals surface area contributed by atoms with Crippen molar-refractivity contribution in [3.8, 4) is 45.3 Å². The van der Waals surface area contributed by atoms with Crippen LogP contribution < -0.4 is 0 Å². The van der Waals surface area contributed by atoms with Crippen LogP contribution in [0.3, 0.4) is 0 Å². The average Bonchev–Trinajstić information content (AvgIpc) is 4.01. The Labute approximate surface area is 345 Å². The van der Waals surface area contributed by atoms with Crippen LogP contribution in [0.4, 0.5) is 0 Å². The largest absolute Gasteiger partial charge is 0.456 e. The summed E-state index contributed by atoms with van der Waals surface area (Å²) in [6, 6.07) is 62.3. The molecule has 0 atom stereocenters. The van der Waals surface area contributed by atoms with Gasteiger partial charge in [-0.25, -0.2) is 15.0 Å². The molecule has 0 spiro atoms. The molecule has 0 aliphatic heterocycles. The molecular weight excluding hydrogens is 759 g/mol. The molecule has 0 amide bonds. The van der Waals surface area contributed by atoms with Gasteiger partial charge in [0, 0.05) is 67.8 Å². The van der Waals surface area contributed by atoms with Crippen molar-refractivity contribution in [2.24, 2.45) is 0 Å². The van der Waals surface area contributed by atoms with E-state index in [4.69, 9.17) is 19.4 Å². The lowest BCUT2D eigenvalue weighted by molar-refractivity contribution is 0.669. The number of hydrogen-bond donors (Lipinski definition) is 0. The SMILES string of the molecule is c1ccc(-c2ccc3c(c2)oc2cccc(-c4nc(-c5cc6ccccc6c6sc7ccccc7c56)nc(-c5cc6ccccc6c6sc7ccccc7c56)n4)c23)cc1. The second-order valence-corrected chi connectivity index (χ2v) is 17.2. The molecular formula is C53H29N3OS2. The second kappa shape index (κ2) is 12.6. The van der Waals surface area contributed by atoms with Crippen LogP contribution in [0.15, 0.2) is 180 Å². The molecule has 59 heavy (non-hydrogen) atoms. The first-order valence-electron chi connectivity index (χ1n) is 19.7. The van der Waals surface area contributed by atoms with E-state index in [9.17, 15) is 0 Å². The molecule has 6 heteroatoms. The van der Waals surface area contributed by atoms with Crippen LogP contribution in [0.1, 0.15) is 0 Å². The zero-order valence-corrected chi connectivity index (χ0v) is 32.9. The van der Waals surface area contributed by atoms with Crippen molar-refractivity contribution in [3.63, 3.8) is 0 Å². The van der Waals surface area contributed by atoms with Gasteiger partial charge in [-0.15, -0.1) is 22.7 Å². The molecule has 0 saturated carbocycles. The summed E-state index contributed by atoms with van der Waals surface area (Å²) in [5, 5.41) is 11.5. The first-order chi connectivity index (χ1) is 29.2. The lowest BCUT2D eigenvalue weighted by Crippen LogP contribution is -2.01. The van der Waals surface area contributed by atoms with Crippen LogP contribution in [-0.2, 0) is 0 Å². The minimum atomic E-state index is 0.604. The van der Waals surface area contributed by atoms with Crippen molar-refractivity contribution in [2.75, 3.05) is 0 Å². The van der Waals surface area contributed by atoms with Gasteiger partial charge in [-0.2, -0.15) is 0 Å². The molecule has 0 aliphatic carbocycles. The van der Waals surface area contributed by atoms with Crippen LogP contribution >= 0.6 is 22.7 Å². The Bertz CT molecular complexity index is 3690. The van der Waals surface area contributed by atoms with Crippen molar-refractivity contribution in [3.05, 3.63) is 176 Å². The summed E-state index contributed by atoms with van der Waals surface area (Å²) in [7, 11) is 0. The standard InChI is InChI=1S/C53H29N3OS2/c1-2-13-30(14-3-1)31-25-26-36-43(29-31)57-42-22-12-21-39(46(36)42)51-54-52(40-27-32-15-4-6-17-34(32)49-47(40)37-19-8-10-23-44(37)58-49)56-53(55-51)41-28-33-16-5-7-18-35(33)50-48(41)38-20-9-11-24-45(38)59-50/h1-29H. The van der Waals surface area contributed by atoms with Gasteiger partial charge in [0.05, 0.1) is 0 Å². The summed E-state index contributed by atoms with van der Waals surface area (Å²) < 4.78 is 11.6. The zero-order valence-electron chi connectivity index (χ0n) is 31.3. The second-order valence-electron chi connectivity index (χ2n) is 15.1. The van der Waals surface area contributed by atoms with E-state index in [-0.39, 0.29) is 0 Å². The van der Waals surface area contributed by atoms with Crippen molar-refractivity contribution >= 4 is 107 Å². The average molecular weight is 788 g/mol. The Morgan fingerprint density at radius 3 is 1.47 bits per heavy atom. The molecule has 0 saturated heterocycles. The summed E-state index contributed by atoms with van der Waals surface area (Å²) in [6.07, 6.45) is 0. The summed E-state index contributed by atoms with van der Waals surface area (Å²) in [4.78, 5) is 16.5. The highest BCUT2D eigenvalue weighted by atomic mass is 32.1. The van der Waals surface area contributed by atoms with Gasteiger partial charge in [0.25, 0.3) is 0 Å². The van der Waals surface area contributed by atoms with Gasteiger partial charge in [-0.1, -0.05) is 133 Å². The maximum absolute atomic E-state index is 6.63. The topological polar surface area (TPSA) is 51.8 Å². The number of hydrogen-bond acceptors (Lipinski definition) is 6. The Morgan fingerprint density at radius 1 is 0.339 bits per heavy atom. The predicted octanol–water partition coefficient (Wildman–Crippen LogP) is 15.5. The number of thiophene rings is 2. The molecule has 0 radical (unpaired) electrons. The van der Waals surface area contributed by atoms with Gasteiger partial charge in [-0.05, 0) is 75.1 Å². The Hall–Kier alpha value is -7.25. The zero-order chi connectivity index (χ0) is 38.6. The third-order valence-electron chi connectivity index (χ3n) is 11.7. The quantitative estimate of drug-likeness (QED) is 0.178. The molecule has 4 nitrogen and oxygen atoms in total. The monoisotopic (exact) mass is 787 g/mol. The number of fused-ring (bicyclic) bond motifs is 13. The number of aromatic nitrogens is 3. The first-order valence-corrected chi connectivity index (χ1v) is 21.3. The van der Waals surface area contributed by atoms with Gasteiger partial charge in [0.1, 0.15) is 11.2 Å². The molecule has 0 fully saturated rings. The summed E-state index contributed by atoms with van der Waals surface area (Å²) in [5.74, 6) is 1.88. The Balaban J connectivity index is 1.15. The molecule has 13 aromatic rings. The minimum Gasteiger partial charge on any atom is -0.456 e. The van der Waals surface area contributed by atoms with E-state index >= 15 is 0 Å². The third kappa shape index (κ3) is 4.97. The number of benzene rings is 9. The molecule has 0 aliphatic rings. The van der Waals surface area contributed by atoms with Crippen LogP contribution in [0.2, 0.25) is 0 Å². The van der Waals surface area contributed by atoms with Gasteiger partial charge < -0.3 is 4.42 Å². The normalized spacial score (nSPS) is 12.1. The lowest BCUT2D eigenvalue weighted by Gasteiger charge is -2.13. The van der Waals surface area contributed by atoms with Crippen molar-refractivity contribution < 1.29 is 4.42 Å². The summed E-state index contributed by atoms with van der Waals surface area (Å²) in [5.41, 5.74) is 6.75. The van der Waals surface area contributed by atoms with E-state index in [1.807, 2.05) is 40.9 Å². The van der Waals surface area contributed by atoms with Gasteiger partial charge in [0.2, 0.25) is 0 Å². The highest BCUT2D eigenvalue weighted by Crippen LogP contribution is 2.47. The van der Waals surface area contributed by atoms with Crippen LogP contribution in [0.5, 0.6) is 0 Å². The van der Waals surface area contributed by atoms with E-state index < -0.39 is 0 Å². The molecule has 4 aromatic heterocycles. The Kier molecular flexibility index (Phi) is 7.02. The van der Waals surface area contributed by atoms with Crippen LogP contribution in [0, 0.1) is 0 Å². The molecule has 0 N–H and O–H groups in total. The van der Waals surface area contributed by atoms with Crippen molar-refractivity contribution in [1.29, 1.82) is 0 Å². The molecule has 4 heterocycles. The number of furan rings is 1.